The normalized spacial score (nSPS) is 17.9. The number of aromatic nitrogens is 2. The second kappa shape index (κ2) is 9.63. The molecule has 0 bridgehead atoms. The van der Waals surface area contributed by atoms with E-state index in [4.69, 9.17) is 4.98 Å². The summed E-state index contributed by atoms with van der Waals surface area (Å²) < 4.78 is 2.43. The lowest BCUT2D eigenvalue weighted by molar-refractivity contribution is 0.185. The molecule has 1 aromatic heterocycles. The van der Waals surface area contributed by atoms with Crippen molar-refractivity contribution >= 4 is 16.7 Å². The van der Waals surface area contributed by atoms with Gasteiger partial charge in [0.15, 0.2) is 0 Å². The van der Waals surface area contributed by atoms with E-state index in [1.165, 1.54) is 35.9 Å². The van der Waals surface area contributed by atoms with Gasteiger partial charge in [0, 0.05) is 37.3 Å². The summed E-state index contributed by atoms with van der Waals surface area (Å²) in [5, 5.41) is 16.9. The Balaban J connectivity index is 1.77. The van der Waals surface area contributed by atoms with Gasteiger partial charge in [0.2, 0.25) is 0 Å². The van der Waals surface area contributed by atoms with Crippen molar-refractivity contribution in [3.05, 3.63) is 59.4 Å². The zero-order valence-corrected chi connectivity index (χ0v) is 18.2. The first-order valence-electron chi connectivity index (χ1n) is 11.3. The quantitative estimate of drug-likeness (QED) is 0.526. The number of piperidine rings is 1. The van der Waals surface area contributed by atoms with E-state index >= 15 is 0 Å². The molecule has 3 N–H and O–H groups in total. The Kier molecular flexibility index (Phi) is 6.70. The molecule has 0 aliphatic carbocycles. The van der Waals surface area contributed by atoms with E-state index in [1.807, 2.05) is 14.0 Å². The van der Waals surface area contributed by atoms with Crippen LogP contribution < -0.4 is 10.6 Å². The van der Waals surface area contributed by atoms with Gasteiger partial charge in [0.25, 0.3) is 0 Å². The number of hydrogen-bond donors (Lipinski definition) is 3. The minimum atomic E-state index is -0.317. The van der Waals surface area contributed by atoms with Gasteiger partial charge in [-0.3, -0.25) is 0 Å². The van der Waals surface area contributed by atoms with Crippen LogP contribution in [0.4, 0.5) is 5.69 Å². The molecule has 2 atom stereocenters. The summed E-state index contributed by atoms with van der Waals surface area (Å²) in [5.41, 5.74) is 5.87. The van der Waals surface area contributed by atoms with Gasteiger partial charge in [-0.05, 0) is 56.8 Å². The Morgan fingerprint density at radius 2 is 2.03 bits per heavy atom. The molecule has 1 aliphatic heterocycles. The molecular weight excluding hydrogens is 372 g/mol. The minimum Gasteiger partial charge on any atom is -0.393 e. The maximum absolute atomic E-state index is 9.87. The average Bonchev–Trinajstić information content (AvgIpc) is 3.10. The molecule has 2 heterocycles. The number of fused-ring (bicyclic) bond motifs is 1. The van der Waals surface area contributed by atoms with Crippen LogP contribution in [-0.2, 0) is 19.4 Å². The third-order valence-electron chi connectivity index (χ3n) is 6.21. The van der Waals surface area contributed by atoms with Crippen molar-refractivity contribution in [3.8, 4) is 0 Å². The summed E-state index contributed by atoms with van der Waals surface area (Å²) in [6.45, 7) is 3.91. The predicted molar refractivity (Wildman–Crippen MR) is 124 cm³/mol. The van der Waals surface area contributed by atoms with Gasteiger partial charge in [0.05, 0.1) is 17.1 Å². The van der Waals surface area contributed by atoms with Crippen molar-refractivity contribution in [2.45, 2.75) is 64.1 Å². The highest BCUT2D eigenvalue weighted by molar-refractivity contribution is 5.85. The summed E-state index contributed by atoms with van der Waals surface area (Å²) in [6, 6.07) is 15.5. The first-order valence-corrected chi connectivity index (χ1v) is 11.3. The van der Waals surface area contributed by atoms with Crippen LogP contribution in [0, 0.1) is 0 Å². The van der Waals surface area contributed by atoms with E-state index in [9.17, 15) is 5.11 Å². The van der Waals surface area contributed by atoms with Gasteiger partial charge in [-0.25, -0.2) is 4.98 Å². The first kappa shape index (κ1) is 20.9. The van der Waals surface area contributed by atoms with E-state index in [1.54, 1.807) is 0 Å². The molecule has 160 valence electrons. The monoisotopic (exact) mass is 406 g/mol. The largest absolute Gasteiger partial charge is 0.393 e. The van der Waals surface area contributed by atoms with Crippen LogP contribution in [0.2, 0.25) is 0 Å². The van der Waals surface area contributed by atoms with Gasteiger partial charge < -0.3 is 20.3 Å². The molecule has 3 aromatic rings. The molecule has 0 spiro atoms. The third-order valence-corrected chi connectivity index (χ3v) is 6.21. The maximum atomic E-state index is 9.87. The molecule has 0 amide bonds. The van der Waals surface area contributed by atoms with Crippen LogP contribution in [0.25, 0.3) is 11.0 Å². The minimum absolute atomic E-state index is 0.317. The molecule has 1 fully saturated rings. The average molecular weight is 407 g/mol. The fourth-order valence-corrected chi connectivity index (χ4v) is 4.55. The third kappa shape index (κ3) is 4.68. The highest BCUT2D eigenvalue weighted by Crippen LogP contribution is 2.30. The Hall–Kier alpha value is -2.37. The van der Waals surface area contributed by atoms with Gasteiger partial charge >= 0.3 is 0 Å². The van der Waals surface area contributed by atoms with E-state index in [0.29, 0.717) is 6.04 Å². The molecule has 30 heavy (non-hydrogen) atoms. The lowest BCUT2D eigenvalue weighted by atomic mass is 10.0. The molecule has 5 heteroatoms. The lowest BCUT2D eigenvalue weighted by Gasteiger charge is -2.25. The summed E-state index contributed by atoms with van der Waals surface area (Å²) in [7, 11) is 1.96. The number of imidazole rings is 1. The van der Waals surface area contributed by atoms with Crippen LogP contribution in [0.5, 0.6) is 0 Å². The predicted octanol–water partition coefficient (Wildman–Crippen LogP) is 4.12. The second-order valence-electron chi connectivity index (χ2n) is 8.54. The van der Waals surface area contributed by atoms with Crippen molar-refractivity contribution in [2.75, 3.05) is 18.9 Å². The molecule has 1 saturated heterocycles. The number of hydrogen-bond acceptors (Lipinski definition) is 4. The van der Waals surface area contributed by atoms with E-state index in [2.05, 4.69) is 57.7 Å². The van der Waals surface area contributed by atoms with E-state index < -0.39 is 0 Å². The molecule has 0 radical (unpaired) electrons. The molecule has 1 aliphatic rings. The topological polar surface area (TPSA) is 62.1 Å². The number of anilines is 1. The Labute approximate surface area is 179 Å². The zero-order valence-electron chi connectivity index (χ0n) is 18.2. The number of nitrogens with zero attached hydrogens (tertiary/aromatic N) is 2. The summed E-state index contributed by atoms with van der Waals surface area (Å²) in [5.74, 6) is 1.12. The number of nitrogens with one attached hydrogen (secondary N) is 2. The van der Waals surface area contributed by atoms with Crippen molar-refractivity contribution in [2.24, 2.45) is 0 Å². The number of aryl methyl sites for hydroxylation is 1. The maximum Gasteiger partial charge on any atom is 0.114 e. The highest BCUT2D eigenvalue weighted by Gasteiger charge is 2.20. The molecule has 5 nitrogen and oxygen atoms in total. The van der Waals surface area contributed by atoms with Crippen LogP contribution >= 0.6 is 0 Å². The van der Waals surface area contributed by atoms with Crippen molar-refractivity contribution < 1.29 is 5.11 Å². The number of aliphatic hydroxyl groups excluding tert-OH is 1. The summed E-state index contributed by atoms with van der Waals surface area (Å²) in [6.07, 6.45) is 5.84. The van der Waals surface area contributed by atoms with Gasteiger partial charge in [-0.1, -0.05) is 36.8 Å². The summed E-state index contributed by atoms with van der Waals surface area (Å²) >= 11 is 0. The van der Waals surface area contributed by atoms with Gasteiger partial charge in [-0.2, -0.15) is 0 Å². The SMILES string of the molecule is CNc1ccc2c(nc(Cc3ccccc3)n2CC2CCCCN2)c1CCC(C)O. The second-order valence-corrected chi connectivity index (χ2v) is 8.54. The first-order chi connectivity index (χ1) is 14.7. The molecular formula is C25H34N4O. The fraction of sp³-hybridized carbons (Fsp3) is 0.480. The molecule has 0 saturated carbocycles. The van der Waals surface area contributed by atoms with E-state index in [-0.39, 0.29) is 6.10 Å². The van der Waals surface area contributed by atoms with Gasteiger partial charge in [-0.15, -0.1) is 0 Å². The van der Waals surface area contributed by atoms with Crippen LogP contribution in [0.15, 0.2) is 42.5 Å². The van der Waals surface area contributed by atoms with Crippen LogP contribution in [0.3, 0.4) is 0 Å². The van der Waals surface area contributed by atoms with Crippen molar-refractivity contribution in [3.63, 3.8) is 0 Å². The van der Waals surface area contributed by atoms with E-state index in [0.717, 1.165) is 49.4 Å². The molecule has 4 rings (SSSR count). The van der Waals surface area contributed by atoms with Crippen LogP contribution in [0.1, 0.15) is 49.6 Å². The molecule has 2 aromatic carbocycles. The highest BCUT2D eigenvalue weighted by atomic mass is 16.3. The summed E-state index contributed by atoms with van der Waals surface area (Å²) in [4.78, 5) is 5.17. The van der Waals surface area contributed by atoms with Crippen molar-refractivity contribution in [1.29, 1.82) is 0 Å². The number of aliphatic hydroxyl groups is 1. The Morgan fingerprint density at radius 3 is 2.73 bits per heavy atom. The Bertz CT molecular complexity index is 958. The zero-order chi connectivity index (χ0) is 20.9. The van der Waals surface area contributed by atoms with Crippen molar-refractivity contribution in [1.82, 2.24) is 14.9 Å². The fourth-order valence-electron chi connectivity index (χ4n) is 4.55. The number of benzene rings is 2. The van der Waals surface area contributed by atoms with Gasteiger partial charge in [0.1, 0.15) is 5.82 Å². The molecule has 2 unspecified atom stereocenters. The standard InChI is InChI=1S/C25H34N4O/c1-18(30)11-12-21-22(26-2)13-14-23-25(21)28-24(16-19-8-4-3-5-9-19)29(23)17-20-10-6-7-15-27-20/h3-5,8-9,13-14,18,20,26-27,30H,6-7,10-12,15-17H2,1-2H3. The lowest BCUT2D eigenvalue weighted by Crippen LogP contribution is -2.37. The van der Waals surface area contributed by atoms with Crippen LogP contribution in [-0.4, -0.2) is 40.4 Å². The smallest absolute Gasteiger partial charge is 0.114 e. The Morgan fingerprint density at radius 1 is 1.20 bits per heavy atom. The number of rotatable bonds is 8.